The summed E-state index contributed by atoms with van der Waals surface area (Å²) in [6.45, 7) is 3.77. The molecule has 2 aliphatic rings. The minimum Gasteiger partial charge on any atom is -0.322 e. The number of nitrogens with one attached hydrogen (secondary N) is 2. The fourth-order valence-electron chi connectivity index (χ4n) is 3.33. The maximum atomic E-state index is 12.7. The van der Waals surface area contributed by atoms with Crippen molar-refractivity contribution in [3.05, 3.63) is 30.3 Å². The summed E-state index contributed by atoms with van der Waals surface area (Å²) in [6, 6.07) is 7.48. The van der Waals surface area contributed by atoms with Crippen LogP contribution in [0.1, 0.15) is 33.1 Å². The normalized spacial score (nSPS) is 24.3. The molecule has 28 heavy (non-hydrogen) atoms. The Morgan fingerprint density at radius 2 is 1.82 bits per heavy atom. The molecule has 0 aromatic heterocycles. The maximum absolute atomic E-state index is 12.7. The second-order valence-corrected chi connectivity index (χ2v) is 9.16. The zero-order valence-corrected chi connectivity index (χ0v) is 16.7. The predicted molar refractivity (Wildman–Crippen MR) is 100 cm³/mol. The summed E-state index contributed by atoms with van der Waals surface area (Å²) in [5.41, 5.74) is 1.36. The van der Waals surface area contributed by atoms with E-state index >= 15 is 0 Å². The van der Waals surface area contributed by atoms with E-state index in [0.717, 1.165) is 5.01 Å². The Kier molecular flexibility index (Phi) is 5.44. The van der Waals surface area contributed by atoms with Gasteiger partial charge in [0.2, 0.25) is 15.9 Å². The van der Waals surface area contributed by atoms with Gasteiger partial charge in [-0.1, -0.05) is 25.1 Å². The summed E-state index contributed by atoms with van der Waals surface area (Å²) in [5.74, 6) is -1.44. The van der Waals surface area contributed by atoms with Gasteiger partial charge in [0.05, 0.1) is 4.90 Å². The highest BCUT2D eigenvalue weighted by molar-refractivity contribution is 7.89. The van der Waals surface area contributed by atoms with Crippen LogP contribution in [-0.2, 0) is 19.6 Å². The quantitative estimate of drug-likeness (QED) is 0.701. The summed E-state index contributed by atoms with van der Waals surface area (Å²) >= 11 is 0. The summed E-state index contributed by atoms with van der Waals surface area (Å²) in [6.07, 6.45) is 1.03. The number of piperidine rings is 1. The van der Waals surface area contributed by atoms with E-state index in [0.29, 0.717) is 19.3 Å². The summed E-state index contributed by atoms with van der Waals surface area (Å²) in [4.78, 5) is 37.1. The van der Waals surface area contributed by atoms with Gasteiger partial charge in [0.25, 0.3) is 5.91 Å². The maximum Gasteiger partial charge on any atom is 0.344 e. The second kappa shape index (κ2) is 7.51. The van der Waals surface area contributed by atoms with Crippen molar-refractivity contribution >= 4 is 27.9 Å². The van der Waals surface area contributed by atoms with Crippen LogP contribution in [0.2, 0.25) is 0 Å². The van der Waals surface area contributed by atoms with Crippen LogP contribution in [-0.4, -0.2) is 54.2 Å². The molecule has 0 aliphatic carbocycles. The molecule has 2 fully saturated rings. The number of rotatable bonds is 5. The third kappa shape index (κ3) is 3.61. The summed E-state index contributed by atoms with van der Waals surface area (Å²) in [7, 11) is -3.60. The van der Waals surface area contributed by atoms with Gasteiger partial charge in [-0.15, -0.1) is 0 Å². The first-order valence-electron chi connectivity index (χ1n) is 9.21. The summed E-state index contributed by atoms with van der Waals surface area (Å²) in [5, 5.41) is 3.29. The molecule has 4 amide bonds. The van der Waals surface area contributed by atoms with Crippen LogP contribution < -0.4 is 10.7 Å². The highest BCUT2D eigenvalue weighted by Gasteiger charge is 2.48. The fraction of sp³-hybridized carbons (Fsp3) is 0.500. The molecule has 2 saturated heterocycles. The van der Waals surface area contributed by atoms with Gasteiger partial charge >= 0.3 is 6.03 Å². The first kappa shape index (κ1) is 20.3. The van der Waals surface area contributed by atoms with Gasteiger partial charge in [0.1, 0.15) is 5.54 Å². The van der Waals surface area contributed by atoms with E-state index < -0.39 is 39.3 Å². The topological polar surface area (TPSA) is 116 Å². The molecular weight excluding hydrogens is 384 g/mol. The number of carbonyl (C=O) groups excluding carboxylic acids is 3. The van der Waals surface area contributed by atoms with Crippen molar-refractivity contribution in [1.82, 2.24) is 20.1 Å². The SMILES string of the molecule is CCC1(C)NC(=O)N(NC(=O)C2CCN(S(=O)(=O)c3ccccc3)CC2)C1=O. The fourth-order valence-corrected chi connectivity index (χ4v) is 4.82. The Morgan fingerprint density at radius 3 is 2.36 bits per heavy atom. The lowest BCUT2D eigenvalue weighted by Gasteiger charge is -2.31. The van der Waals surface area contributed by atoms with Crippen LogP contribution in [0.25, 0.3) is 0 Å². The summed E-state index contributed by atoms with van der Waals surface area (Å²) < 4.78 is 26.7. The third-order valence-electron chi connectivity index (χ3n) is 5.40. The minimum atomic E-state index is -3.60. The number of hydrazine groups is 1. The molecule has 9 nitrogen and oxygen atoms in total. The lowest BCUT2D eigenvalue weighted by Crippen LogP contribution is -2.51. The Balaban J connectivity index is 1.60. The lowest BCUT2D eigenvalue weighted by molar-refractivity contribution is -0.140. The zero-order chi connectivity index (χ0) is 20.5. The molecule has 3 rings (SSSR count). The van der Waals surface area contributed by atoms with Crippen molar-refractivity contribution in [3.63, 3.8) is 0 Å². The Bertz CT molecular complexity index is 880. The number of urea groups is 1. The van der Waals surface area contributed by atoms with Gasteiger partial charge in [-0.3, -0.25) is 15.0 Å². The highest BCUT2D eigenvalue weighted by atomic mass is 32.2. The number of nitrogens with zero attached hydrogens (tertiary/aromatic N) is 2. The Morgan fingerprint density at radius 1 is 1.21 bits per heavy atom. The first-order valence-corrected chi connectivity index (χ1v) is 10.7. The Hall–Kier alpha value is -2.46. The number of hydrogen-bond donors (Lipinski definition) is 2. The average molecular weight is 408 g/mol. The minimum absolute atomic E-state index is 0.197. The van der Waals surface area contributed by atoms with Crippen molar-refractivity contribution < 1.29 is 22.8 Å². The van der Waals surface area contributed by atoms with Crippen LogP contribution in [0.15, 0.2) is 35.2 Å². The first-order chi connectivity index (χ1) is 13.2. The van der Waals surface area contributed by atoms with E-state index in [2.05, 4.69) is 10.7 Å². The lowest BCUT2D eigenvalue weighted by atomic mass is 9.97. The van der Waals surface area contributed by atoms with Crippen molar-refractivity contribution in [2.45, 2.75) is 43.5 Å². The number of carbonyl (C=O) groups is 3. The molecule has 1 unspecified atom stereocenters. The van der Waals surface area contributed by atoms with E-state index in [1.807, 2.05) is 0 Å². The van der Waals surface area contributed by atoms with Gasteiger partial charge in [-0.05, 0) is 38.3 Å². The van der Waals surface area contributed by atoms with Gasteiger partial charge in [-0.2, -0.15) is 9.31 Å². The zero-order valence-electron chi connectivity index (χ0n) is 15.8. The van der Waals surface area contributed by atoms with Crippen molar-refractivity contribution in [1.29, 1.82) is 0 Å². The number of sulfonamides is 1. The van der Waals surface area contributed by atoms with Crippen LogP contribution in [0.3, 0.4) is 0 Å². The van der Waals surface area contributed by atoms with E-state index in [1.165, 1.54) is 16.4 Å². The largest absolute Gasteiger partial charge is 0.344 e. The standard InChI is InChI=1S/C18H24N4O5S/c1-3-18(2)16(24)22(17(25)19-18)20-15(23)13-9-11-21(12-10-13)28(26,27)14-7-5-4-6-8-14/h4-8,13H,3,9-12H2,1-2H3,(H,19,25)(H,20,23). The molecule has 152 valence electrons. The predicted octanol–water partition coefficient (Wildman–Crippen LogP) is 0.839. The molecule has 0 spiro atoms. The Labute approximate surface area is 164 Å². The monoisotopic (exact) mass is 408 g/mol. The molecule has 1 aromatic carbocycles. The molecule has 0 bridgehead atoms. The van der Waals surface area contributed by atoms with Gasteiger partial charge in [0.15, 0.2) is 0 Å². The smallest absolute Gasteiger partial charge is 0.322 e. The van der Waals surface area contributed by atoms with E-state index in [4.69, 9.17) is 0 Å². The van der Waals surface area contributed by atoms with Gasteiger partial charge < -0.3 is 5.32 Å². The van der Waals surface area contributed by atoms with Crippen LogP contribution in [0.5, 0.6) is 0 Å². The van der Waals surface area contributed by atoms with Crippen molar-refractivity contribution in [3.8, 4) is 0 Å². The van der Waals surface area contributed by atoms with Crippen molar-refractivity contribution in [2.24, 2.45) is 5.92 Å². The van der Waals surface area contributed by atoms with Crippen molar-refractivity contribution in [2.75, 3.05) is 13.1 Å². The molecular formula is C18H24N4O5S. The van der Waals surface area contributed by atoms with Crippen LogP contribution in [0, 0.1) is 5.92 Å². The molecule has 0 saturated carbocycles. The molecule has 1 atom stereocenters. The molecule has 2 aliphatic heterocycles. The molecule has 2 N–H and O–H groups in total. The highest BCUT2D eigenvalue weighted by Crippen LogP contribution is 2.25. The van der Waals surface area contributed by atoms with E-state index in [1.54, 1.807) is 32.0 Å². The van der Waals surface area contributed by atoms with Crippen LogP contribution >= 0.6 is 0 Å². The number of benzene rings is 1. The average Bonchev–Trinajstić information content (AvgIpc) is 2.92. The second-order valence-electron chi connectivity index (χ2n) is 7.22. The molecule has 0 radical (unpaired) electrons. The molecule has 1 aromatic rings. The van der Waals surface area contributed by atoms with E-state index in [-0.39, 0.29) is 18.0 Å². The van der Waals surface area contributed by atoms with Crippen LogP contribution in [0.4, 0.5) is 4.79 Å². The molecule has 10 heteroatoms. The molecule has 2 heterocycles. The van der Waals surface area contributed by atoms with Gasteiger partial charge in [0, 0.05) is 19.0 Å². The number of amides is 4. The van der Waals surface area contributed by atoms with Gasteiger partial charge in [-0.25, -0.2) is 13.2 Å². The number of imide groups is 1. The third-order valence-corrected chi connectivity index (χ3v) is 7.31. The number of hydrogen-bond acceptors (Lipinski definition) is 5. The van der Waals surface area contributed by atoms with E-state index in [9.17, 15) is 22.8 Å².